The lowest BCUT2D eigenvalue weighted by molar-refractivity contribution is 0.1000. The second-order valence-corrected chi connectivity index (χ2v) is 5.52. The molecule has 0 aromatic heterocycles. The number of carbonyl (C=O) groups excluding carboxylic acids is 1. The van der Waals surface area contributed by atoms with Crippen molar-refractivity contribution in [1.82, 2.24) is 0 Å². The highest BCUT2D eigenvalue weighted by molar-refractivity contribution is 5.95. The predicted molar refractivity (Wildman–Crippen MR) is 76.8 cm³/mol. The SMILES string of the molecule is Cc1c(NCC(C)(C)CCC#N)cccc1C(N)=O. The Labute approximate surface area is 114 Å². The molecule has 0 radical (unpaired) electrons. The molecule has 19 heavy (non-hydrogen) atoms. The number of hydrogen-bond acceptors (Lipinski definition) is 3. The van der Waals surface area contributed by atoms with Crippen LogP contribution < -0.4 is 11.1 Å². The molecule has 0 spiro atoms. The maximum Gasteiger partial charge on any atom is 0.249 e. The minimum absolute atomic E-state index is 0.0326. The molecule has 0 saturated carbocycles. The van der Waals surface area contributed by atoms with Crippen LogP contribution in [-0.4, -0.2) is 12.5 Å². The van der Waals surface area contributed by atoms with E-state index in [0.717, 1.165) is 24.2 Å². The van der Waals surface area contributed by atoms with Crippen LogP contribution in [0.4, 0.5) is 5.69 Å². The first kappa shape index (κ1) is 15.0. The fraction of sp³-hybridized carbons (Fsp3) is 0.467. The second-order valence-electron chi connectivity index (χ2n) is 5.52. The first-order valence-corrected chi connectivity index (χ1v) is 6.37. The number of rotatable bonds is 6. The van der Waals surface area contributed by atoms with Crippen LogP contribution in [0.5, 0.6) is 0 Å². The smallest absolute Gasteiger partial charge is 0.249 e. The Kier molecular flexibility index (Phi) is 4.94. The number of primary amides is 1. The van der Waals surface area contributed by atoms with Crippen molar-refractivity contribution < 1.29 is 4.79 Å². The molecule has 0 bridgehead atoms. The Balaban J connectivity index is 2.76. The third-order valence-corrected chi connectivity index (χ3v) is 3.27. The Morgan fingerprint density at radius 1 is 1.47 bits per heavy atom. The van der Waals surface area contributed by atoms with Gasteiger partial charge in [-0.3, -0.25) is 4.79 Å². The van der Waals surface area contributed by atoms with E-state index in [2.05, 4.69) is 25.2 Å². The zero-order valence-electron chi connectivity index (χ0n) is 11.8. The lowest BCUT2D eigenvalue weighted by atomic mass is 9.88. The molecule has 0 aliphatic heterocycles. The molecule has 0 aliphatic carbocycles. The molecule has 1 rings (SSSR count). The van der Waals surface area contributed by atoms with Gasteiger partial charge in [0.25, 0.3) is 0 Å². The number of carbonyl (C=O) groups is 1. The van der Waals surface area contributed by atoms with Crippen LogP contribution in [0, 0.1) is 23.7 Å². The summed E-state index contributed by atoms with van der Waals surface area (Å²) >= 11 is 0. The molecule has 0 saturated heterocycles. The zero-order chi connectivity index (χ0) is 14.5. The normalized spacial score (nSPS) is 10.8. The summed E-state index contributed by atoms with van der Waals surface area (Å²) in [5.41, 5.74) is 7.69. The predicted octanol–water partition coefficient (Wildman–Crippen LogP) is 2.84. The van der Waals surface area contributed by atoms with Gasteiger partial charge in [0.1, 0.15) is 0 Å². The van der Waals surface area contributed by atoms with E-state index in [1.807, 2.05) is 19.1 Å². The van der Waals surface area contributed by atoms with Crippen LogP contribution in [0.15, 0.2) is 18.2 Å². The van der Waals surface area contributed by atoms with E-state index >= 15 is 0 Å². The number of nitrogens with two attached hydrogens (primary N) is 1. The molecule has 0 heterocycles. The monoisotopic (exact) mass is 259 g/mol. The molecule has 3 N–H and O–H groups in total. The molecule has 0 fully saturated rings. The van der Waals surface area contributed by atoms with Gasteiger partial charge in [-0.1, -0.05) is 19.9 Å². The molecule has 0 unspecified atom stereocenters. The van der Waals surface area contributed by atoms with Gasteiger partial charge in [0.2, 0.25) is 5.91 Å². The van der Waals surface area contributed by atoms with E-state index < -0.39 is 5.91 Å². The van der Waals surface area contributed by atoms with E-state index in [0.29, 0.717) is 12.0 Å². The number of anilines is 1. The van der Waals surface area contributed by atoms with Gasteiger partial charge >= 0.3 is 0 Å². The average Bonchev–Trinajstić information content (AvgIpc) is 2.35. The molecule has 1 amide bonds. The molecular formula is C15H21N3O. The molecule has 0 aliphatic rings. The number of nitriles is 1. The third-order valence-electron chi connectivity index (χ3n) is 3.27. The van der Waals surface area contributed by atoms with Crippen molar-refractivity contribution in [2.45, 2.75) is 33.6 Å². The summed E-state index contributed by atoms with van der Waals surface area (Å²) in [5.74, 6) is -0.412. The van der Waals surface area contributed by atoms with Gasteiger partial charge in [0, 0.05) is 24.2 Å². The van der Waals surface area contributed by atoms with E-state index in [1.165, 1.54) is 0 Å². The van der Waals surface area contributed by atoms with Gasteiger partial charge in [-0.2, -0.15) is 5.26 Å². The Morgan fingerprint density at radius 3 is 2.74 bits per heavy atom. The number of nitrogens with one attached hydrogen (secondary N) is 1. The summed E-state index contributed by atoms with van der Waals surface area (Å²) in [4.78, 5) is 11.3. The minimum atomic E-state index is -0.412. The molecule has 1 aromatic carbocycles. The third kappa shape index (κ3) is 4.29. The summed E-state index contributed by atoms with van der Waals surface area (Å²) in [6.07, 6.45) is 1.39. The van der Waals surface area contributed by atoms with Crippen molar-refractivity contribution in [3.8, 4) is 6.07 Å². The maximum atomic E-state index is 11.3. The highest BCUT2D eigenvalue weighted by Crippen LogP contribution is 2.25. The largest absolute Gasteiger partial charge is 0.384 e. The molecule has 102 valence electrons. The lowest BCUT2D eigenvalue weighted by Crippen LogP contribution is -2.23. The van der Waals surface area contributed by atoms with Gasteiger partial charge in [0.15, 0.2) is 0 Å². The van der Waals surface area contributed by atoms with Crippen molar-refractivity contribution in [1.29, 1.82) is 5.26 Å². The fourth-order valence-electron chi connectivity index (χ4n) is 1.91. The van der Waals surface area contributed by atoms with Crippen LogP contribution in [0.25, 0.3) is 0 Å². The average molecular weight is 259 g/mol. The van der Waals surface area contributed by atoms with E-state index in [9.17, 15) is 4.79 Å². The van der Waals surface area contributed by atoms with Gasteiger partial charge in [-0.25, -0.2) is 0 Å². The van der Waals surface area contributed by atoms with Gasteiger partial charge in [-0.15, -0.1) is 0 Å². The van der Waals surface area contributed by atoms with Crippen molar-refractivity contribution in [2.75, 3.05) is 11.9 Å². The highest BCUT2D eigenvalue weighted by atomic mass is 16.1. The standard InChI is InChI=1S/C15H21N3O/c1-11-12(14(17)19)6-4-7-13(11)18-10-15(2,3)8-5-9-16/h4,6-7,18H,5,8,10H2,1-3H3,(H2,17,19). The van der Waals surface area contributed by atoms with Crippen molar-refractivity contribution in [2.24, 2.45) is 11.1 Å². The minimum Gasteiger partial charge on any atom is -0.384 e. The summed E-state index contributed by atoms with van der Waals surface area (Å²) in [6.45, 7) is 6.86. The van der Waals surface area contributed by atoms with Gasteiger partial charge in [0.05, 0.1) is 6.07 Å². The maximum absolute atomic E-state index is 11.3. The molecule has 4 nitrogen and oxygen atoms in total. The van der Waals surface area contributed by atoms with Crippen LogP contribution in [-0.2, 0) is 0 Å². The van der Waals surface area contributed by atoms with Gasteiger partial charge in [-0.05, 0) is 36.5 Å². The summed E-state index contributed by atoms with van der Waals surface area (Å²) in [7, 11) is 0. The molecular weight excluding hydrogens is 238 g/mol. The second kappa shape index (κ2) is 6.24. The van der Waals surface area contributed by atoms with Crippen LogP contribution in [0.1, 0.15) is 42.6 Å². The molecule has 4 heteroatoms. The Hall–Kier alpha value is -2.02. The summed E-state index contributed by atoms with van der Waals surface area (Å²) in [6, 6.07) is 7.64. The molecule has 0 atom stereocenters. The summed E-state index contributed by atoms with van der Waals surface area (Å²) in [5, 5.41) is 12.0. The first-order chi connectivity index (χ1) is 8.87. The number of nitrogens with zero attached hydrogens (tertiary/aromatic N) is 1. The van der Waals surface area contributed by atoms with E-state index in [4.69, 9.17) is 11.0 Å². The first-order valence-electron chi connectivity index (χ1n) is 6.37. The quantitative estimate of drug-likeness (QED) is 0.824. The Bertz CT molecular complexity index is 501. The summed E-state index contributed by atoms with van der Waals surface area (Å²) < 4.78 is 0. The molecule has 1 aromatic rings. The fourth-order valence-corrected chi connectivity index (χ4v) is 1.91. The lowest BCUT2D eigenvalue weighted by Gasteiger charge is -2.25. The number of benzene rings is 1. The topological polar surface area (TPSA) is 78.9 Å². The number of amides is 1. The van der Waals surface area contributed by atoms with Crippen LogP contribution >= 0.6 is 0 Å². The van der Waals surface area contributed by atoms with Crippen molar-refractivity contribution in [3.05, 3.63) is 29.3 Å². The highest BCUT2D eigenvalue weighted by Gasteiger charge is 2.18. The van der Waals surface area contributed by atoms with Crippen molar-refractivity contribution >= 4 is 11.6 Å². The Morgan fingerprint density at radius 2 is 2.16 bits per heavy atom. The number of hydrogen-bond donors (Lipinski definition) is 2. The van der Waals surface area contributed by atoms with E-state index in [-0.39, 0.29) is 5.41 Å². The van der Waals surface area contributed by atoms with Crippen LogP contribution in [0.3, 0.4) is 0 Å². The van der Waals surface area contributed by atoms with Gasteiger partial charge < -0.3 is 11.1 Å². The van der Waals surface area contributed by atoms with Crippen molar-refractivity contribution in [3.63, 3.8) is 0 Å². The van der Waals surface area contributed by atoms with Crippen LogP contribution in [0.2, 0.25) is 0 Å². The van der Waals surface area contributed by atoms with E-state index in [1.54, 1.807) is 6.07 Å². The zero-order valence-corrected chi connectivity index (χ0v) is 11.8.